The summed E-state index contributed by atoms with van der Waals surface area (Å²) < 4.78 is 27.9. The molecular weight excluding hydrogens is 390 g/mol. The van der Waals surface area contributed by atoms with Gasteiger partial charge in [-0.2, -0.15) is 0 Å². The van der Waals surface area contributed by atoms with E-state index in [1.807, 2.05) is 0 Å². The fourth-order valence-corrected chi connectivity index (χ4v) is 2.75. The predicted octanol–water partition coefficient (Wildman–Crippen LogP) is 4.50. The maximum atomic E-state index is 13.3. The minimum Gasteiger partial charge on any atom is -0.294 e. The summed E-state index contributed by atoms with van der Waals surface area (Å²) in [6.45, 7) is 0.226. The van der Waals surface area contributed by atoms with Gasteiger partial charge in [-0.05, 0) is 57.4 Å². The molecular formula is C19H13BrF2N2O. The number of hydrogen-bond acceptors (Lipinski definition) is 2. The number of halogens is 3. The van der Waals surface area contributed by atoms with Gasteiger partial charge in [0, 0.05) is 0 Å². The van der Waals surface area contributed by atoms with Crippen LogP contribution in [0.25, 0.3) is 12.2 Å². The first-order chi connectivity index (χ1) is 12.0. The SMILES string of the molecule is O=c1c(Br)c(/C=C/c2ccc(F)cc2)ncn1Cc1cccc(F)c1. The van der Waals surface area contributed by atoms with Gasteiger partial charge in [0.2, 0.25) is 0 Å². The summed E-state index contributed by atoms with van der Waals surface area (Å²) in [5.41, 5.74) is 1.66. The van der Waals surface area contributed by atoms with Crippen LogP contribution in [0.3, 0.4) is 0 Å². The minimum atomic E-state index is -0.351. The van der Waals surface area contributed by atoms with E-state index in [1.54, 1.807) is 36.4 Å². The van der Waals surface area contributed by atoms with Crippen molar-refractivity contribution in [3.05, 3.63) is 98.1 Å². The van der Waals surface area contributed by atoms with E-state index in [9.17, 15) is 13.6 Å². The molecule has 0 bridgehead atoms. The highest BCUT2D eigenvalue weighted by atomic mass is 79.9. The Morgan fingerprint density at radius 3 is 2.52 bits per heavy atom. The van der Waals surface area contributed by atoms with E-state index in [-0.39, 0.29) is 23.7 Å². The second kappa shape index (κ2) is 7.53. The molecule has 0 fully saturated rings. The van der Waals surface area contributed by atoms with Crippen molar-refractivity contribution in [2.45, 2.75) is 6.54 Å². The Hall–Kier alpha value is -2.60. The number of rotatable bonds is 4. The van der Waals surface area contributed by atoms with Gasteiger partial charge < -0.3 is 0 Å². The van der Waals surface area contributed by atoms with E-state index in [1.165, 1.54) is 35.2 Å². The lowest BCUT2D eigenvalue weighted by molar-refractivity contribution is 0.622. The van der Waals surface area contributed by atoms with Crippen molar-refractivity contribution in [2.75, 3.05) is 0 Å². The van der Waals surface area contributed by atoms with Crippen molar-refractivity contribution in [1.82, 2.24) is 9.55 Å². The third-order valence-corrected chi connectivity index (χ3v) is 4.30. The third-order valence-electron chi connectivity index (χ3n) is 3.56. The van der Waals surface area contributed by atoms with Crippen LogP contribution < -0.4 is 5.56 Å². The second-order valence-corrected chi connectivity index (χ2v) is 6.18. The van der Waals surface area contributed by atoms with Crippen molar-refractivity contribution in [3.63, 3.8) is 0 Å². The summed E-state index contributed by atoms with van der Waals surface area (Å²) in [5, 5.41) is 0. The quantitative estimate of drug-likeness (QED) is 0.643. The van der Waals surface area contributed by atoms with Crippen LogP contribution >= 0.6 is 15.9 Å². The molecule has 1 heterocycles. The molecule has 0 saturated heterocycles. The fraction of sp³-hybridized carbons (Fsp3) is 0.0526. The molecule has 0 unspecified atom stereocenters. The van der Waals surface area contributed by atoms with E-state index in [0.29, 0.717) is 15.7 Å². The Morgan fingerprint density at radius 1 is 1.04 bits per heavy atom. The Morgan fingerprint density at radius 2 is 1.80 bits per heavy atom. The molecule has 3 rings (SSSR count). The summed E-state index contributed by atoms with van der Waals surface area (Å²) in [4.78, 5) is 16.7. The van der Waals surface area contributed by atoms with Crippen LogP contribution in [0.15, 0.2) is 64.1 Å². The van der Waals surface area contributed by atoms with Gasteiger partial charge in [0.25, 0.3) is 5.56 Å². The van der Waals surface area contributed by atoms with Crippen molar-refractivity contribution in [2.24, 2.45) is 0 Å². The molecule has 126 valence electrons. The molecule has 0 radical (unpaired) electrons. The average Bonchev–Trinajstić information content (AvgIpc) is 2.60. The van der Waals surface area contributed by atoms with E-state index in [2.05, 4.69) is 20.9 Å². The molecule has 0 amide bonds. The Bertz CT molecular complexity index is 981. The zero-order chi connectivity index (χ0) is 17.8. The van der Waals surface area contributed by atoms with Gasteiger partial charge in [0.05, 0.1) is 18.6 Å². The minimum absolute atomic E-state index is 0.226. The molecule has 3 nitrogen and oxygen atoms in total. The molecule has 0 aliphatic carbocycles. The van der Waals surface area contributed by atoms with Crippen molar-refractivity contribution >= 4 is 28.1 Å². The topological polar surface area (TPSA) is 34.9 Å². The van der Waals surface area contributed by atoms with E-state index in [4.69, 9.17) is 0 Å². The van der Waals surface area contributed by atoms with E-state index in [0.717, 1.165) is 5.56 Å². The monoisotopic (exact) mass is 402 g/mol. The lowest BCUT2D eigenvalue weighted by Gasteiger charge is -2.07. The van der Waals surface area contributed by atoms with Gasteiger partial charge in [-0.3, -0.25) is 9.36 Å². The highest BCUT2D eigenvalue weighted by molar-refractivity contribution is 9.10. The number of hydrogen-bond donors (Lipinski definition) is 0. The second-order valence-electron chi connectivity index (χ2n) is 5.39. The van der Waals surface area contributed by atoms with Gasteiger partial charge in [-0.1, -0.05) is 30.3 Å². The van der Waals surface area contributed by atoms with Crippen molar-refractivity contribution < 1.29 is 8.78 Å². The number of benzene rings is 2. The van der Waals surface area contributed by atoms with Crippen molar-refractivity contribution in [1.29, 1.82) is 0 Å². The number of aromatic nitrogens is 2. The first kappa shape index (κ1) is 17.2. The predicted molar refractivity (Wildman–Crippen MR) is 97.0 cm³/mol. The van der Waals surface area contributed by atoms with Gasteiger partial charge in [-0.15, -0.1) is 0 Å². The lowest BCUT2D eigenvalue weighted by Crippen LogP contribution is -2.22. The first-order valence-electron chi connectivity index (χ1n) is 7.46. The highest BCUT2D eigenvalue weighted by Gasteiger charge is 2.08. The molecule has 0 saturated carbocycles. The van der Waals surface area contributed by atoms with Crippen LogP contribution in [0, 0.1) is 11.6 Å². The summed E-state index contributed by atoms with van der Waals surface area (Å²) in [6.07, 6.45) is 4.83. The molecule has 0 N–H and O–H groups in total. The molecule has 0 atom stereocenters. The van der Waals surface area contributed by atoms with Gasteiger partial charge in [-0.25, -0.2) is 13.8 Å². The summed E-state index contributed by atoms with van der Waals surface area (Å²) in [6, 6.07) is 12.0. The van der Waals surface area contributed by atoms with Crippen LogP contribution in [0.4, 0.5) is 8.78 Å². The zero-order valence-corrected chi connectivity index (χ0v) is 14.6. The smallest absolute Gasteiger partial charge is 0.268 e. The lowest BCUT2D eigenvalue weighted by atomic mass is 10.2. The maximum absolute atomic E-state index is 13.3. The van der Waals surface area contributed by atoms with Gasteiger partial charge in [0.1, 0.15) is 16.1 Å². The maximum Gasteiger partial charge on any atom is 0.268 e. The van der Waals surface area contributed by atoms with Gasteiger partial charge in [0.15, 0.2) is 0 Å². The Kier molecular flexibility index (Phi) is 5.19. The van der Waals surface area contributed by atoms with Crippen LogP contribution in [-0.2, 0) is 6.54 Å². The average molecular weight is 403 g/mol. The van der Waals surface area contributed by atoms with Crippen LogP contribution in [-0.4, -0.2) is 9.55 Å². The molecule has 0 aliphatic heterocycles. The van der Waals surface area contributed by atoms with Crippen LogP contribution in [0.5, 0.6) is 0 Å². The summed E-state index contributed by atoms with van der Waals surface area (Å²) >= 11 is 3.26. The first-order valence-corrected chi connectivity index (χ1v) is 8.25. The molecule has 6 heteroatoms. The fourth-order valence-electron chi connectivity index (χ4n) is 2.29. The van der Waals surface area contributed by atoms with E-state index >= 15 is 0 Å². The normalized spacial score (nSPS) is 11.2. The van der Waals surface area contributed by atoms with Crippen LogP contribution in [0.1, 0.15) is 16.8 Å². The summed E-state index contributed by atoms with van der Waals surface area (Å²) in [5.74, 6) is -0.659. The molecule has 0 spiro atoms. The molecule has 2 aromatic carbocycles. The van der Waals surface area contributed by atoms with E-state index < -0.39 is 0 Å². The molecule has 25 heavy (non-hydrogen) atoms. The standard InChI is InChI=1S/C19H13BrF2N2O/c20-18-17(9-6-13-4-7-15(21)8-5-13)23-12-24(19(18)25)11-14-2-1-3-16(22)10-14/h1-10,12H,11H2/b9-6+. The Labute approximate surface area is 151 Å². The summed E-state index contributed by atoms with van der Waals surface area (Å²) in [7, 11) is 0. The number of nitrogens with zero attached hydrogens (tertiary/aromatic N) is 2. The zero-order valence-electron chi connectivity index (χ0n) is 13.0. The highest BCUT2D eigenvalue weighted by Crippen LogP contribution is 2.14. The Balaban J connectivity index is 1.85. The van der Waals surface area contributed by atoms with Crippen LogP contribution in [0.2, 0.25) is 0 Å². The van der Waals surface area contributed by atoms with Gasteiger partial charge >= 0.3 is 0 Å². The molecule has 3 aromatic rings. The molecule has 1 aromatic heterocycles. The largest absolute Gasteiger partial charge is 0.294 e. The third kappa shape index (κ3) is 4.28. The molecule has 0 aliphatic rings. The van der Waals surface area contributed by atoms with Crippen molar-refractivity contribution in [3.8, 4) is 0 Å².